The van der Waals surface area contributed by atoms with Crippen LogP contribution < -0.4 is 0 Å². The summed E-state index contributed by atoms with van der Waals surface area (Å²) in [6.45, 7) is 4.92. The molecule has 0 radical (unpaired) electrons. The van der Waals surface area contributed by atoms with E-state index in [0.29, 0.717) is 25.1 Å². The third-order valence-corrected chi connectivity index (χ3v) is 4.41. The second kappa shape index (κ2) is 5.83. The van der Waals surface area contributed by atoms with Gasteiger partial charge < -0.3 is 10.0 Å². The zero-order valence-corrected chi connectivity index (χ0v) is 13.2. The highest BCUT2D eigenvalue weighted by Crippen LogP contribution is 2.23. The van der Waals surface area contributed by atoms with Crippen molar-refractivity contribution in [2.24, 2.45) is 0 Å². The standard InChI is InChI=1S/C18H18N2O3/c1-11-3-4-13(7-12(11)2)17(21)20-6-5-15-14(10-20)8-19-9-16(15)18(22)23/h3-4,7-9H,5-6,10H2,1-2H3,(H,22,23). The Bertz CT molecular complexity index is 799. The number of nitrogens with zero attached hydrogens (tertiary/aromatic N) is 2. The SMILES string of the molecule is Cc1ccc(C(=O)N2CCc3c(cncc3C(=O)O)C2)cc1C. The largest absolute Gasteiger partial charge is 0.478 e. The summed E-state index contributed by atoms with van der Waals surface area (Å²) in [5.41, 5.74) is 4.74. The Kier molecular flexibility index (Phi) is 3.86. The number of hydrogen-bond donors (Lipinski definition) is 1. The van der Waals surface area contributed by atoms with Crippen molar-refractivity contribution in [2.75, 3.05) is 6.54 Å². The summed E-state index contributed by atoms with van der Waals surface area (Å²) in [5, 5.41) is 9.23. The number of carbonyl (C=O) groups is 2. The highest BCUT2D eigenvalue weighted by Gasteiger charge is 2.25. The van der Waals surface area contributed by atoms with E-state index in [2.05, 4.69) is 4.98 Å². The zero-order valence-electron chi connectivity index (χ0n) is 13.2. The Labute approximate surface area is 134 Å². The van der Waals surface area contributed by atoms with Crippen LogP contribution in [-0.4, -0.2) is 33.4 Å². The predicted molar refractivity (Wildman–Crippen MR) is 85.6 cm³/mol. The first-order valence-corrected chi connectivity index (χ1v) is 7.53. The molecule has 1 aliphatic rings. The Balaban J connectivity index is 1.87. The number of aromatic nitrogens is 1. The summed E-state index contributed by atoms with van der Waals surface area (Å²) in [4.78, 5) is 29.7. The van der Waals surface area contributed by atoms with E-state index in [9.17, 15) is 14.7 Å². The lowest BCUT2D eigenvalue weighted by Gasteiger charge is -2.29. The van der Waals surface area contributed by atoms with Gasteiger partial charge in [0.1, 0.15) is 0 Å². The first-order valence-electron chi connectivity index (χ1n) is 7.53. The minimum absolute atomic E-state index is 0.0283. The van der Waals surface area contributed by atoms with Crippen LogP contribution in [0.3, 0.4) is 0 Å². The molecule has 1 amide bonds. The van der Waals surface area contributed by atoms with Gasteiger partial charge in [0, 0.05) is 31.0 Å². The van der Waals surface area contributed by atoms with Gasteiger partial charge in [0.2, 0.25) is 0 Å². The van der Waals surface area contributed by atoms with Gasteiger partial charge in [-0.3, -0.25) is 9.78 Å². The molecule has 3 rings (SSSR count). The first kappa shape index (κ1) is 15.2. The Morgan fingerprint density at radius 1 is 1.17 bits per heavy atom. The number of carboxylic acid groups (broad SMARTS) is 1. The molecule has 1 aromatic carbocycles. The van der Waals surface area contributed by atoms with Crippen molar-refractivity contribution in [1.82, 2.24) is 9.88 Å². The molecule has 0 saturated carbocycles. The van der Waals surface area contributed by atoms with Crippen LogP contribution in [0.1, 0.15) is 43.0 Å². The lowest BCUT2D eigenvalue weighted by Crippen LogP contribution is -2.36. The Morgan fingerprint density at radius 2 is 1.96 bits per heavy atom. The molecule has 0 aliphatic carbocycles. The fraction of sp³-hybridized carbons (Fsp3) is 0.278. The summed E-state index contributed by atoms with van der Waals surface area (Å²) in [7, 11) is 0. The lowest BCUT2D eigenvalue weighted by molar-refractivity contribution is 0.0693. The molecule has 2 heterocycles. The van der Waals surface area contributed by atoms with Crippen LogP contribution in [0.4, 0.5) is 0 Å². The maximum atomic E-state index is 12.7. The molecule has 5 heteroatoms. The number of carboxylic acids is 1. The van der Waals surface area contributed by atoms with Crippen molar-refractivity contribution in [3.8, 4) is 0 Å². The molecule has 1 aliphatic heterocycles. The number of fused-ring (bicyclic) bond motifs is 1. The molecule has 2 aromatic rings. The molecule has 1 aromatic heterocycles. The highest BCUT2D eigenvalue weighted by molar-refractivity contribution is 5.95. The van der Waals surface area contributed by atoms with E-state index < -0.39 is 5.97 Å². The zero-order chi connectivity index (χ0) is 16.6. The second-order valence-electron chi connectivity index (χ2n) is 5.91. The molecule has 1 N–H and O–H groups in total. The summed E-state index contributed by atoms with van der Waals surface area (Å²) >= 11 is 0. The van der Waals surface area contributed by atoms with E-state index >= 15 is 0 Å². The topological polar surface area (TPSA) is 70.5 Å². The van der Waals surface area contributed by atoms with Gasteiger partial charge in [0.15, 0.2) is 0 Å². The van der Waals surface area contributed by atoms with Crippen molar-refractivity contribution in [3.05, 3.63) is 64.0 Å². The summed E-state index contributed by atoms with van der Waals surface area (Å²) in [5.74, 6) is -0.997. The number of rotatable bonds is 2. The number of aromatic carboxylic acids is 1. The molecule has 0 spiro atoms. The fourth-order valence-electron chi connectivity index (χ4n) is 2.91. The van der Waals surface area contributed by atoms with Crippen LogP contribution >= 0.6 is 0 Å². The molecule has 0 unspecified atom stereocenters. The summed E-state index contributed by atoms with van der Waals surface area (Å²) in [6, 6.07) is 5.69. The van der Waals surface area contributed by atoms with Crippen LogP contribution in [0.5, 0.6) is 0 Å². The monoisotopic (exact) mass is 310 g/mol. The number of aryl methyl sites for hydroxylation is 2. The third kappa shape index (κ3) is 2.82. The van der Waals surface area contributed by atoms with E-state index in [4.69, 9.17) is 0 Å². The van der Waals surface area contributed by atoms with Crippen LogP contribution in [0.15, 0.2) is 30.6 Å². The van der Waals surface area contributed by atoms with Crippen molar-refractivity contribution in [1.29, 1.82) is 0 Å². The van der Waals surface area contributed by atoms with Crippen molar-refractivity contribution in [2.45, 2.75) is 26.8 Å². The Morgan fingerprint density at radius 3 is 2.65 bits per heavy atom. The van der Waals surface area contributed by atoms with Gasteiger partial charge in [-0.2, -0.15) is 0 Å². The number of benzene rings is 1. The molecule has 5 nitrogen and oxygen atoms in total. The van der Waals surface area contributed by atoms with E-state index in [-0.39, 0.29) is 11.5 Å². The average Bonchev–Trinajstić information content (AvgIpc) is 2.55. The predicted octanol–water partition coefficient (Wildman–Crippen LogP) is 2.60. The molecule has 0 fully saturated rings. The Hall–Kier alpha value is -2.69. The fourth-order valence-corrected chi connectivity index (χ4v) is 2.91. The van der Waals surface area contributed by atoms with Crippen molar-refractivity contribution < 1.29 is 14.7 Å². The molecule has 118 valence electrons. The van der Waals surface area contributed by atoms with Gasteiger partial charge in [-0.1, -0.05) is 6.07 Å². The molecular formula is C18H18N2O3. The number of hydrogen-bond acceptors (Lipinski definition) is 3. The quantitative estimate of drug-likeness (QED) is 0.925. The molecular weight excluding hydrogens is 292 g/mol. The van der Waals surface area contributed by atoms with Gasteiger partial charge in [-0.25, -0.2) is 4.79 Å². The number of amides is 1. The molecule has 23 heavy (non-hydrogen) atoms. The van der Waals surface area contributed by atoms with Crippen molar-refractivity contribution in [3.63, 3.8) is 0 Å². The molecule has 0 atom stereocenters. The highest BCUT2D eigenvalue weighted by atomic mass is 16.4. The minimum atomic E-state index is -0.969. The van der Waals surface area contributed by atoms with E-state index in [1.807, 2.05) is 32.0 Å². The van der Waals surface area contributed by atoms with Gasteiger partial charge in [0.25, 0.3) is 5.91 Å². The molecule has 0 bridgehead atoms. The average molecular weight is 310 g/mol. The lowest BCUT2D eigenvalue weighted by atomic mass is 9.96. The van der Waals surface area contributed by atoms with Gasteiger partial charge in [-0.15, -0.1) is 0 Å². The van der Waals surface area contributed by atoms with Crippen LogP contribution in [0.2, 0.25) is 0 Å². The van der Waals surface area contributed by atoms with Crippen molar-refractivity contribution >= 4 is 11.9 Å². The summed E-state index contributed by atoms with van der Waals surface area (Å²) in [6.07, 6.45) is 3.57. The first-order chi connectivity index (χ1) is 11.0. The maximum Gasteiger partial charge on any atom is 0.337 e. The summed E-state index contributed by atoms with van der Waals surface area (Å²) < 4.78 is 0. The number of carbonyl (C=O) groups excluding carboxylic acids is 1. The van der Waals surface area contributed by atoms with Crippen LogP contribution in [0, 0.1) is 13.8 Å². The van der Waals surface area contributed by atoms with Gasteiger partial charge >= 0.3 is 5.97 Å². The normalized spacial score (nSPS) is 13.6. The number of pyridine rings is 1. The van der Waals surface area contributed by atoms with E-state index in [1.165, 1.54) is 6.20 Å². The molecule has 0 saturated heterocycles. The van der Waals surface area contributed by atoms with Gasteiger partial charge in [-0.05, 0) is 54.7 Å². The smallest absolute Gasteiger partial charge is 0.337 e. The van der Waals surface area contributed by atoms with Gasteiger partial charge in [0.05, 0.1) is 5.56 Å². The van der Waals surface area contributed by atoms with Crippen LogP contribution in [0.25, 0.3) is 0 Å². The third-order valence-electron chi connectivity index (χ3n) is 4.41. The minimum Gasteiger partial charge on any atom is -0.478 e. The maximum absolute atomic E-state index is 12.7. The van der Waals surface area contributed by atoms with Crippen LogP contribution in [-0.2, 0) is 13.0 Å². The van der Waals surface area contributed by atoms with E-state index in [0.717, 1.165) is 22.3 Å². The second-order valence-corrected chi connectivity index (χ2v) is 5.91. The van der Waals surface area contributed by atoms with E-state index in [1.54, 1.807) is 11.1 Å².